The molecule has 0 aliphatic carbocycles. The van der Waals surface area contributed by atoms with Gasteiger partial charge in [-0.15, -0.1) is 11.3 Å². The Bertz CT molecular complexity index is 749. The predicted molar refractivity (Wildman–Crippen MR) is 104 cm³/mol. The van der Waals surface area contributed by atoms with Crippen LogP contribution in [0.4, 0.5) is 5.13 Å². The number of carbonyl (C=O) groups excluding carboxylic acids is 2. The van der Waals surface area contributed by atoms with E-state index in [1.807, 2.05) is 18.2 Å². The van der Waals surface area contributed by atoms with Gasteiger partial charge in [-0.1, -0.05) is 43.6 Å². The first-order valence-electron chi connectivity index (χ1n) is 8.32. The number of hydrogen-bond acceptors (Lipinski definition) is 6. The van der Waals surface area contributed by atoms with Gasteiger partial charge in [0.2, 0.25) is 0 Å². The van der Waals surface area contributed by atoms with Crippen LogP contribution in [0, 0.1) is 5.92 Å². The molecule has 26 heavy (non-hydrogen) atoms. The van der Waals surface area contributed by atoms with E-state index >= 15 is 0 Å². The number of esters is 1. The third-order valence-electron chi connectivity index (χ3n) is 3.48. The summed E-state index contributed by atoms with van der Waals surface area (Å²) >= 11 is 7.36. The van der Waals surface area contributed by atoms with Gasteiger partial charge in [-0.25, -0.2) is 9.78 Å². The molecular formula is C18H22ClN3O3S. The van der Waals surface area contributed by atoms with Gasteiger partial charge >= 0.3 is 5.97 Å². The molecule has 1 amide bonds. The van der Waals surface area contributed by atoms with E-state index in [4.69, 9.17) is 16.3 Å². The Morgan fingerprint density at radius 3 is 2.81 bits per heavy atom. The maximum absolute atomic E-state index is 12.0. The molecule has 2 N–H and O–H groups in total. The van der Waals surface area contributed by atoms with Gasteiger partial charge in [-0.05, 0) is 24.0 Å². The fourth-order valence-electron chi connectivity index (χ4n) is 2.01. The second-order valence-corrected chi connectivity index (χ2v) is 7.36. The maximum atomic E-state index is 12.0. The van der Waals surface area contributed by atoms with Crippen LogP contribution in [0.2, 0.25) is 5.02 Å². The smallest absolute Gasteiger partial charge is 0.358 e. The average molecular weight is 396 g/mol. The highest BCUT2D eigenvalue weighted by Gasteiger charge is 2.14. The van der Waals surface area contributed by atoms with E-state index < -0.39 is 11.9 Å². The van der Waals surface area contributed by atoms with Crippen molar-refractivity contribution in [1.82, 2.24) is 10.3 Å². The zero-order valence-corrected chi connectivity index (χ0v) is 16.3. The van der Waals surface area contributed by atoms with Crippen molar-refractivity contribution in [2.45, 2.75) is 26.8 Å². The van der Waals surface area contributed by atoms with Crippen molar-refractivity contribution in [3.63, 3.8) is 0 Å². The van der Waals surface area contributed by atoms with Crippen LogP contribution in [-0.4, -0.2) is 30.0 Å². The number of benzene rings is 1. The number of thiazole rings is 1. The number of halogens is 1. The molecule has 1 aromatic heterocycles. The Kier molecular flexibility index (Phi) is 7.87. The van der Waals surface area contributed by atoms with Crippen molar-refractivity contribution in [2.24, 2.45) is 5.92 Å². The number of anilines is 1. The molecule has 1 aromatic carbocycles. The highest BCUT2D eigenvalue weighted by atomic mass is 35.5. The van der Waals surface area contributed by atoms with Crippen molar-refractivity contribution in [2.75, 3.05) is 18.5 Å². The van der Waals surface area contributed by atoms with Gasteiger partial charge in [0.25, 0.3) is 5.91 Å². The lowest BCUT2D eigenvalue weighted by molar-refractivity contribution is -0.124. The molecular weight excluding hydrogens is 374 g/mol. The van der Waals surface area contributed by atoms with E-state index in [2.05, 4.69) is 29.5 Å². The molecule has 1 heterocycles. The minimum absolute atomic E-state index is 0.195. The van der Waals surface area contributed by atoms with E-state index in [-0.39, 0.29) is 18.8 Å². The Morgan fingerprint density at radius 1 is 1.31 bits per heavy atom. The molecule has 0 spiro atoms. The Balaban J connectivity index is 1.73. The Hall–Kier alpha value is -2.12. The summed E-state index contributed by atoms with van der Waals surface area (Å²) in [5.74, 6) is -0.425. The summed E-state index contributed by atoms with van der Waals surface area (Å²) in [6.07, 6.45) is 1.02. The number of hydrogen-bond donors (Lipinski definition) is 2. The molecule has 0 fully saturated rings. The van der Waals surface area contributed by atoms with Crippen molar-refractivity contribution >= 4 is 39.9 Å². The van der Waals surface area contributed by atoms with Gasteiger partial charge in [0.05, 0.1) is 0 Å². The topological polar surface area (TPSA) is 80.3 Å². The summed E-state index contributed by atoms with van der Waals surface area (Å²) in [6.45, 7) is 4.99. The number of carbonyl (C=O) groups is 2. The van der Waals surface area contributed by atoms with Crippen LogP contribution < -0.4 is 10.6 Å². The minimum Gasteiger partial charge on any atom is -0.451 e. The maximum Gasteiger partial charge on any atom is 0.358 e. The summed E-state index contributed by atoms with van der Waals surface area (Å²) in [5, 5.41) is 8.68. The lowest BCUT2D eigenvalue weighted by atomic mass is 10.1. The number of ether oxygens (including phenoxy) is 1. The predicted octanol–water partition coefficient (Wildman–Crippen LogP) is 3.73. The molecule has 2 rings (SSSR count). The third kappa shape index (κ3) is 6.65. The van der Waals surface area contributed by atoms with E-state index in [0.29, 0.717) is 16.1 Å². The number of aromatic nitrogens is 1. The number of rotatable bonds is 9. The molecule has 0 aliphatic rings. The highest BCUT2D eigenvalue weighted by molar-refractivity contribution is 7.13. The Labute approximate surface area is 161 Å². The van der Waals surface area contributed by atoms with Crippen molar-refractivity contribution in [3.8, 4) is 0 Å². The first-order chi connectivity index (χ1) is 12.5. The van der Waals surface area contributed by atoms with Gasteiger partial charge in [0.1, 0.15) is 0 Å². The fourth-order valence-corrected chi connectivity index (χ4v) is 2.92. The van der Waals surface area contributed by atoms with Crippen LogP contribution in [0.25, 0.3) is 0 Å². The monoisotopic (exact) mass is 395 g/mol. The van der Waals surface area contributed by atoms with Crippen LogP contribution in [0.1, 0.15) is 36.3 Å². The minimum atomic E-state index is -0.619. The molecule has 140 valence electrons. The molecule has 0 unspecified atom stereocenters. The standard InChI is InChI=1S/C18H22ClN3O3S/c1-12(2)7-8-20-18-22-15(11-26-18)17(24)25-10-16(23)21-9-13-5-3-4-6-14(13)19/h3-6,11-12H,7-10H2,1-2H3,(H,20,22)(H,21,23). The summed E-state index contributed by atoms with van der Waals surface area (Å²) in [6, 6.07) is 7.22. The first kappa shape index (κ1) is 20.2. The molecule has 0 saturated carbocycles. The fraction of sp³-hybridized carbons (Fsp3) is 0.389. The molecule has 2 aromatic rings. The second-order valence-electron chi connectivity index (χ2n) is 6.09. The third-order valence-corrected chi connectivity index (χ3v) is 4.65. The summed E-state index contributed by atoms with van der Waals surface area (Å²) in [5.41, 5.74) is 0.992. The van der Waals surface area contributed by atoms with Gasteiger partial charge in [-0.2, -0.15) is 0 Å². The molecule has 0 aliphatic heterocycles. The quantitative estimate of drug-likeness (QED) is 0.632. The summed E-state index contributed by atoms with van der Waals surface area (Å²) in [7, 11) is 0. The number of nitrogens with zero attached hydrogens (tertiary/aromatic N) is 1. The Morgan fingerprint density at radius 2 is 2.08 bits per heavy atom. The van der Waals surface area contributed by atoms with Crippen LogP contribution in [0.5, 0.6) is 0 Å². The zero-order valence-electron chi connectivity index (χ0n) is 14.8. The van der Waals surface area contributed by atoms with E-state index in [1.54, 1.807) is 11.4 Å². The largest absolute Gasteiger partial charge is 0.451 e. The van der Waals surface area contributed by atoms with Gasteiger partial charge < -0.3 is 15.4 Å². The molecule has 0 bridgehead atoms. The molecule has 8 heteroatoms. The second kappa shape index (κ2) is 10.1. The van der Waals surface area contributed by atoms with Crippen LogP contribution >= 0.6 is 22.9 Å². The zero-order chi connectivity index (χ0) is 18.9. The first-order valence-corrected chi connectivity index (χ1v) is 9.58. The lowest BCUT2D eigenvalue weighted by Gasteiger charge is -2.07. The molecule has 0 saturated heterocycles. The van der Waals surface area contributed by atoms with Crippen LogP contribution in [-0.2, 0) is 16.1 Å². The highest BCUT2D eigenvalue weighted by Crippen LogP contribution is 2.17. The van der Waals surface area contributed by atoms with E-state index in [1.165, 1.54) is 11.3 Å². The van der Waals surface area contributed by atoms with Crippen LogP contribution in [0.3, 0.4) is 0 Å². The van der Waals surface area contributed by atoms with Crippen molar-refractivity contribution in [3.05, 3.63) is 45.9 Å². The summed E-state index contributed by atoms with van der Waals surface area (Å²) < 4.78 is 5.00. The normalized spacial score (nSPS) is 10.6. The van der Waals surface area contributed by atoms with Crippen molar-refractivity contribution < 1.29 is 14.3 Å². The van der Waals surface area contributed by atoms with Crippen molar-refractivity contribution in [1.29, 1.82) is 0 Å². The van der Waals surface area contributed by atoms with Crippen LogP contribution in [0.15, 0.2) is 29.6 Å². The van der Waals surface area contributed by atoms with E-state index in [9.17, 15) is 9.59 Å². The van der Waals surface area contributed by atoms with Gasteiger partial charge in [0.15, 0.2) is 17.4 Å². The van der Waals surface area contributed by atoms with E-state index in [0.717, 1.165) is 18.5 Å². The summed E-state index contributed by atoms with van der Waals surface area (Å²) in [4.78, 5) is 28.0. The van der Waals surface area contributed by atoms with Gasteiger partial charge in [0, 0.05) is 23.5 Å². The van der Waals surface area contributed by atoms with Gasteiger partial charge in [-0.3, -0.25) is 4.79 Å². The molecule has 0 radical (unpaired) electrons. The SMILES string of the molecule is CC(C)CCNc1nc(C(=O)OCC(=O)NCc2ccccc2Cl)cs1. The average Bonchev–Trinajstić information content (AvgIpc) is 3.07. The molecule has 0 atom stereocenters. The number of nitrogens with one attached hydrogen (secondary N) is 2. The number of amides is 1. The molecule has 6 nitrogen and oxygen atoms in total. The lowest BCUT2D eigenvalue weighted by Crippen LogP contribution is -2.28.